The molecule has 3 nitrogen and oxygen atoms in total. The van der Waals surface area contributed by atoms with Crippen LogP contribution in [0.1, 0.15) is 26.7 Å². The van der Waals surface area contributed by atoms with Gasteiger partial charge in [0.05, 0.1) is 13.2 Å². The van der Waals surface area contributed by atoms with Crippen LogP contribution in [0.3, 0.4) is 0 Å². The number of rotatable bonds is 6. The molecule has 0 unspecified atom stereocenters. The third-order valence-electron chi connectivity index (χ3n) is 0.864. The zero-order chi connectivity index (χ0) is 8.74. The van der Waals surface area contributed by atoms with Crippen molar-refractivity contribution in [2.75, 3.05) is 13.2 Å². The molecule has 0 atom stereocenters. The van der Waals surface area contributed by atoms with Gasteiger partial charge in [-0.2, -0.15) is 4.21 Å². The molecule has 0 amide bonds. The van der Waals surface area contributed by atoms with Gasteiger partial charge in [0, 0.05) is 11.2 Å². The Morgan fingerprint density at radius 1 is 1.18 bits per heavy atom. The fourth-order valence-corrected chi connectivity index (χ4v) is 1.62. The van der Waals surface area contributed by atoms with Crippen LogP contribution in [0.2, 0.25) is 0 Å². The highest BCUT2D eigenvalue weighted by molar-refractivity contribution is 8.27. The van der Waals surface area contributed by atoms with Crippen LogP contribution in [0.5, 0.6) is 0 Å². The summed E-state index contributed by atoms with van der Waals surface area (Å²) in [6.45, 7) is 4.63. The largest absolute Gasteiger partial charge is 0.270 e. The lowest BCUT2D eigenvalue weighted by atomic mass is 10.5. The van der Waals surface area contributed by atoms with Gasteiger partial charge < -0.3 is 0 Å². The summed E-state index contributed by atoms with van der Waals surface area (Å²) in [4.78, 5) is 0. The van der Waals surface area contributed by atoms with E-state index in [4.69, 9.17) is 8.37 Å². The first-order valence-electron chi connectivity index (χ1n) is 3.66. The first-order chi connectivity index (χ1) is 5.12. The molecule has 0 spiro atoms. The maximum atomic E-state index is 11.1. The molecule has 0 aliphatic rings. The summed E-state index contributed by atoms with van der Waals surface area (Å²) < 4.78 is 20.7. The molecule has 0 N–H and O–H groups in total. The van der Waals surface area contributed by atoms with Gasteiger partial charge in [0.15, 0.2) is 0 Å². The second-order valence-corrected chi connectivity index (χ2v) is 4.56. The lowest BCUT2D eigenvalue weighted by Crippen LogP contribution is -2.09. The first kappa shape index (κ1) is 11.3. The van der Waals surface area contributed by atoms with Crippen molar-refractivity contribution in [2.45, 2.75) is 26.7 Å². The molecule has 0 aromatic heterocycles. The van der Waals surface area contributed by atoms with E-state index >= 15 is 0 Å². The third kappa shape index (κ3) is 6.68. The summed E-state index contributed by atoms with van der Waals surface area (Å²) in [5.74, 6) is 0. The molecule has 0 fully saturated rings. The van der Waals surface area contributed by atoms with Crippen molar-refractivity contribution < 1.29 is 12.6 Å². The van der Waals surface area contributed by atoms with E-state index in [1.54, 1.807) is 0 Å². The van der Waals surface area contributed by atoms with Gasteiger partial charge in [-0.05, 0) is 12.8 Å². The Bertz CT molecular complexity index is 160. The second-order valence-electron chi connectivity index (χ2n) is 2.05. The fraction of sp³-hybridized carbons (Fsp3) is 1.00. The van der Waals surface area contributed by atoms with Gasteiger partial charge in [-0.25, -0.2) is 0 Å². The van der Waals surface area contributed by atoms with Crippen molar-refractivity contribution >= 4 is 20.2 Å². The quantitative estimate of drug-likeness (QED) is 0.646. The predicted molar refractivity (Wildman–Crippen MR) is 48.0 cm³/mol. The van der Waals surface area contributed by atoms with Crippen molar-refractivity contribution in [2.24, 2.45) is 0 Å². The van der Waals surface area contributed by atoms with Gasteiger partial charge in [-0.15, -0.1) is 0 Å². The molecule has 68 valence electrons. The minimum Gasteiger partial charge on any atom is -0.270 e. The first-order valence-corrected chi connectivity index (χ1v) is 5.99. The van der Waals surface area contributed by atoms with Crippen molar-refractivity contribution in [1.29, 1.82) is 0 Å². The SMILES string of the molecule is CCCOS(=O)(=S)OCCC. The molecule has 0 rings (SSSR count). The zero-order valence-electron chi connectivity index (χ0n) is 6.87. The molecular formula is C6H14O3S2. The van der Waals surface area contributed by atoms with E-state index in [2.05, 4.69) is 11.2 Å². The summed E-state index contributed by atoms with van der Waals surface area (Å²) in [7, 11) is -2.87. The fourth-order valence-electron chi connectivity index (χ4n) is 0.405. The Labute approximate surface area is 73.2 Å². The molecule has 0 saturated heterocycles. The van der Waals surface area contributed by atoms with Gasteiger partial charge in [-0.1, -0.05) is 13.8 Å². The van der Waals surface area contributed by atoms with Crippen LogP contribution in [-0.2, 0) is 28.6 Å². The van der Waals surface area contributed by atoms with E-state index in [1.807, 2.05) is 13.8 Å². The van der Waals surface area contributed by atoms with Crippen LogP contribution in [0.15, 0.2) is 0 Å². The molecule has 0 heterocycles. The molecule has 0 saturated carbocycles. The summed E-state index contributed by atoms with van der Waals surface area (Å²) in [5.41, 5.74) is 0. The third-order valence-corrected chi connectivity index (χ3v) is 2.35. The van der Waals surface area contributed by atoms with Crippen LogP contribution < -0.4 is 0 Å². The maximum absolute atomic E-state index is 11.1. The summed E-state index contributed by atoms with van der Waals surface area (Å²) >= 11 is 4.56. The van der Waals surface area contributed by atoms with Crippen molar-refractivity contribution in [3.63, 3.8) is 0 Å². The topological polar surface area (TPSA) is 35.5 Å². The molecule has 11 heavy (non-hydrogen) atoms. The average molecular weight is 198 g/mol. The lowest BCUT2D eigenvalue weighted by Gasteiger charge is -2.05. The molecule has 0 aromatic rings. The normalized spacial score (nSPS) is 11.8. The monoisotopic (exact) mass is 198 g/mol. The lowest BCUT2D eigenvalue weighted by molar-refractivity contribution is 0.247. The van der Waals surface area contributed by atoms with Gasteiger partial charge in [-0.3, -0.25) is 8.37 Å². The van der Waals surface area contributed by atoms with Crippen LogP contribution in [-0.4, -0.2) is 17.4 Å². The van der Waals surface area contributed by atoms with E-state index in [9.17, 15) is 4.21 Å². The van der Waals surface area contributed by atoms with Crippen LogP contribution in [0.4, 0.5) is 0 Å². The molecular weight excluding hydrogens is 184 g/mol. The van der Waals surface area contributed by atoms with Crippen LogP contribution >= 0.6 is 0 Å². The second kappa shape index (κ2) is 5.88. The van der Waals surface area contributed by atoms with Crippen molar-refractivity contribution in [1.82, 2.24) is 0 Å². The smallest absolute Gasteiger partial charge is 0.269 e. The standard InChI is InChI=1S/C6H14O3S2/c1-3-5-8-11(7,10)9-6-4-2/h3-6H2,1-2H3. The Morgan fingerprint density at radius 2 is 1.55 bits per heavy atom. The molecule has 0 aliphatic heterocycles. The van der Waals surface area contributed by atoms with E-state index in [1.165, 1.54) is 0 Å². The summed E-state index contributed by atoms with van der Waals surface area (Å²) in [5, 5.41) is 0. The van der Waals surface area contributed by atoms with Gasteiger partial charge in [0.1, 0.15) is 0 Å². The summed E-state index contributed by atoms with van der Waals surface area (Å²) in [6.07, 6.45) is 1.59. The predicted octanol–water partition coefficient (Wildman–Crippen LogP) is 1.42. The van der Waals surface area contributed by atoms with E-state index in [0.29, 0.717) is 13.2 Å². The highest BCUT2D eigenvalue weighted by Crippen LogP contribution is 1.98. The Kier molecular flexibility index (Phi) is 6.03. The highest BCUT2D eigenvalue weighted by Gasteiger charge is 2.04. The number of hydrogen-bond acceptors (Lipinski definition) is 4. The molecule has 0 radical (unpaired) electrons. The van der Waals surface area contributed by atoms with E-state index < -0.39 is 9.05 Å². The van der Waals surface area contributed by atoms with E-state index in [0.717, 1.165) is 12.8 Å². The van der Waals surface area contributed by atoms with Gasteiger partial charge in [0.25, 0.3) is 9.05 Å². The zero-order valence-corrected chi connectivity index (χ0v) is 8.50. The Balaban J connectivity index is 3.63. The van der Waals surface area contributed by atoms with Crippen LogP contribution in [0.25, 0.3) is 0 Å². The average Bonchev–Trinajstić information content (AvgIpc) is 1.97. The number of hydrogen-bond donors (Lipinski definition) is 0. The Hall–Kier alpha value is 0.290. The summed E-state index contributed by atoms with van der Waals surface area (Å²) in [6, 6.07) is 0. The Morgan fingerprint density at radius 3 is 1.82 bits per heavy atom. The molecule has 0 aliphatic carbocycles. The minimum absolute atomic E-state index is 0.395. The van der Waals surface area contributed by atoms with Crippen LogP contribution in [0, 0.1) is 0 Å². The van der Waals surface area contributed by atoms with E-state index in [-0.39, 0.29) is 0 Å². The van der Waals surface area contributed by atoms with Gasteiger partial charge in [0.2, 0.25) is 0 Å². The van der Waals surface area contributed by atoms with Crippen molar-refractivity contribution in [3.8, 4) is 0 Å². The molecule has 5 heteroatoms. The van der Waals surface area contributed by atoms with Crippen molar-refractivity contribution in [3.05, 3.63) is 0 Å². The highest BCUT2D eigenvalue weighted by atomic mass is 32.9. The molecule has 0 aromatic carbocycles. The minimum atomic E-state index is -2.87. The maximum Gasteiger partial charge on any atom is 0.269 e. The van der Waals surface area contributed by atoms with Gasteiger partial charge >= 0.3 is 0 Å². The molecule has 0 bridgehead atoms.